The van der Waals surface area contributed by atoms with Crippen LogP contribution in [0.25, 0.3) is 22.3 Å². The number of anilines is 2. The molecule has 0 unspecified atom stereocenters. The first-order valence-electron chi connectivity index (χ1n) is 13.1. The van der Waals surface area contributed by atoms with E-state index >= 15 is 0 Å². The number of benzene rings is 3. The maximum Gasteiger partial charge on any atom is 0.217 e. The number of phenolic OH excluding ortho intramolecular Hbond substituents is 1. The molecule has 0 atom stereocenters. The molecule has 1 heterocycles. The molecule has 1 fully saturated rings. The molecule has 0 bridgehead atoms. The number of carbonyl (C=O) groups is 2. The van der Waals surface area contributed by atoms with E-state index < -0.39 is 0 Å². The zero-order valence-corrected chi connectivity index (χ0v) is 23.5. The third kappa shape index (κ3) is 7.09. The van der Waals surface area contributed by atoms with E-state index in [9.17, 15) is 14.7 Å². The Labute approximate surface area is 235 Å². The van der Waals surface area contributed by atoms with Crippen LogP contribution in [-0.2, 0) is 16.1 Å². The molecule has 8 nitrogen and oxygen atoms in total. The first-order chi connectivity index (χ1) is 18.8. The molecule has 0 aliphatic carbocycles. The molecule has 3 aromatic rings. The maximum atomic E-state index is 11.7. The van der Waals surface area contributed by atoms with Crippen molar-refractivity contribution in [3.63, 3.8) is 0 Å². The first-order valence-corrected chi connectivity index (χ1v) is 13.5. The van der Waals surface area contributed by atoms with Crippen LogP contribution in [0.5, 0.6) is 5.75 Å². The van der Waals surface area contributed by atoms with Crippen LogP contribution in [0.3, 0.4) is 0 Å². The number of likely N-dealkylation sites (N-methyl/N-ethyl adjacent to an activating group) is 1. The van der Waals surface area contributed by atoms with E-state index in [1.54, 1.807) is 11.0 Å². The van der Waals surface area contributed by atoms with Crippen LogP contribution in [0.4, 0.5) is 11.4 Å². The molecule has 4 rings (SSSR count). The van der Waals surface area contributed by atoms with E-state index in [4.69, 9.17) is 11.6 Å². The minimum absolute atomic E-state index is 0.0934. The summed E-state index contributed by atoms with van der Waals surface area (Å²) in [5.41, 5.74) is 5.58. The van der Waals surface area contributed by atoms with Crippen molar-refractivity contribution in [2.45, 2.75) is 13.5 Å². The zero-order valence-electron chi connectivity index (χ0n) is 22.7. The summed E-state index contributed by atoms with van der Waals surface area (Å²) in [4.78, 5) is 29.2. The highest BCUT2D eigenvalue weighted by Gasteiger charge is 2.18. The van der Waals surface area contributed by atoms with Crippen molar-refractivity contribution in [1.82, 2.24) is 15.5 Å². The number of nitrogens with zero attached hydrogens (tertiary/aromatic N) is 3. The molecule has 39 heavy (non-hydrogen) atoms. The van der Waals surface area contributed by atoms with Crippen molar-refractivity contribution in [3.05, 3.63) is 65.2 Å². The molecular formula is C30H36ClN5O3. The fourth-order valence-corrected chi connectivity index (χ4v) is 5.01. The number of aromatic hydroxyl groups is 1. The van der Waals surface area contributed by atoms with Gasteiger partial charge >= 0.3 is 0 Å². The van der Waals surface area contributed by atoms with Gasteiger partial charge in [0.05, 0.1) is 10.7 Å². The third-order valence-electron chi connectivity index (χ3n) is 6.83. The Kier molecular flexibility index (Phi) is 9.45. The van der Waals surface area contributed by atoms with Crippen LogP contribution in [0.15, 0.2) is 54.6 Å². The Morgan fingerprint density at radius 1 is 1.05 bits per heavy atom. The SMILES string of the molecule is CC(=O)NCc1cc(-c2cccc(-c3ccc(N(C=O)CCN(C)C)c(Cl)c3)c2O)cc(N2CCNCC2)c1. The highest BCUT2D eigenvalue weighted by atomic mass is 35.5. The van der Waals surface area contributed by atoms with Gasteiger partial charge in [-0.3, -0.25) is 9.59 Å². The molecule has 1 saturated heterocycles. The van der Waals surface area contributed by atoms with Gasteiger partial charge in [0.1, 0.15) is 5.75 Å². The van der Waals surface area contributed by atoms with Gasteiger partial charge < -0.3 is 30.4 Å². The van der Waals surface area contributed by atoms with Crippen molar-refractivity contribution in [2.24, 2.45) is 0 Å². The molecule has 1 aliphatic rings. The summed E-state index contributed by atoms with van der Waals surface area (Å²) < 4.78 is 0. The lowest BCUT2D eigenvalue weighted by Crippen LogP contribution is -2.43. The van der Waals surface area contributed by atoms with Crippen LogP contribution in [0.2, 0.25) is 5.02 Å². The van der Waals surface area contributed by atoms with Gasteiger partial charge in [0.2, 0.25) is 12.3 Å². The number of piperazine rings is 1. The second-order valence-electron chi connectivity index (χ2n) is 10.0. The van der Waals surface area contributed by atoms with Crippen molar-refractivity contribution < 1.29 is 14.7 Å². The highest BCUT2D eigenvalue weighted by Crippen LogP contribution is 2.41. The van der Waals surface area contributed by atoms with Crippen molar-refractivity contribution in [1.29, 1.82) is 0 Å². The summed E-state index contributed by atoms with van der Waals surface area (Å²) in [6.07, 6.45) is 0.784. The average molecular weight is 550 g/mol. The van der Waals surface area contributed by atoms with Gasteiger partial charge in [-0.2, -0.15) is 0 Å². The minimum Gasteiger partial charge on any atom is -0.507 e. The van der Waals surface area contributed by atoms with E-state index in [0.29, 0.717) is 41.5 Å². The normalized spacial score (nSPS) is 13.4. The molecule has 0 aromatic heterocycles. The summed E-state index contributed by atoms with van der Waals surface area (Å²) in [5, 5.41) is 18.2. The number of hydrogen-bond acceptors (Lipinski definition) is 6. The number of amides is 2. The molecular weight excluding hydrogens is 514 g/mol. The second kappa shape index (κ2) is 13.0. The van der Waals surface area contributed by atoms with E-state index in [1.807, 2.05) is 55.4 Å². The molecule has 1 aliphatic heterocycles. The smallest absolute Gasteiger partial charge is 0.217 e. The van der Waals surface area contributed by atoms with Gasteiger partial charge in [-0.05, 0) is 61.1 Å². The van der Waals surface area contributed by atoms with Crippen LogP contribution < -0.4 is 20.4 Å². The van der Waals surface area contributed by atoms with Crippen molar-refractivity contribution in [3.8, 4) is 28.0 Å². The summed E-state index contributed by atoms with van der Waals surface area (Å²) in [5.74, 6) is 0.0493. The lowest BCUT2D eigenvalue weighted by molar-refractivity contribution is -0.119. The predicted octanol–water partition coefficient (Wildman–Crippen LogP) is 3.95. The number of carbonyl (C=O) groups excluding carboxylic acids is 2. The van der Waals surface area contributed by atoms with Crippen LogP contribution >= 0.6 is 11.6 Å². The summed E-state index contributed by atoms with van der Waals surface area (Å²) >= 11 is 6.62. The maximum absolute atomic E-state index is 11.7. The minimum atomic E-state index is -0.0934. The fraction of sp³-hybridized carbons (Fsp3) is 0.333. The lowest BCUT2D eigenvalue weighted by Gasteiger charge is -2.30. The largest absolute Gasteiger partial charge is 0.507 e. The third-order valence-corrected chi connectivity index (χ3v) is 7.13. The van der Waals surface area contributed by atoms with Gasteiger partial charge in [0, 0.05) is 69.6 Å². The molecule has 3 aromatic carbocycles. The van der Waals surface area contributed by atoms with Gasteiger partial charge in [-0.15, -0.1) is 0 Å². The number of nitrogens with one attached hydrogen (secondary N) is 2. The molecule has 0 spiro atoms. The fourth-order valence-electron chi connectivity index (χ4n) is 4.72. The zero-order chi connectivity index (χ0) is 27.9. The average Bonchev–Trinajstić information content (AvgIpc) is 2.93. The Morgan fingerprint density at radius 3 is 2.41 bits per heavy atom. The Bertz CT molecular complexity index is 1320. The highest BCUT2D eigenvalue weighted by molar-refractivity contribution is 6.34. The number of para-hydroxylation sites is 1. The van der Waals surface area contributed by atoms with Crippen molar-refractivity contribution in [2.75, 3.05) is 63.2 Å². The number of rotatable bonds is 10. The predicted molar refractivity (Wildman–Crippen MR) is 159 cm³/mol. The van der Waals surface area contributed by atoms with Crippen LogP contribution in [0, 0.1) is 0 Å². The molecule has 206 valence electrons. The van der Waals surface area contributed by atoms with Gasteiger partial charge in [0.25, 0.3) is 0 Å². The molecule has 9 heteroatoms. The van der Waals surface area contributed by atoms with E-state index in [2.05, 4.69) is 27.7 Å². The van der Waals surface area contributed by atoms with E-state index in [0.717, 1.165) is 55.0 Å². The first kappa shape index (κ1) is 28.4. The number of hydrogen-bond donors (Lipinski definition) is 3. The monoisotopic (exact) mass is 549 g/mol. The lowest BCUT2D eigenvalue weighted by atomic mass is 9.95. The topological polar surface area (TPSA) is 88.2 Å². The Balaban J connectivity index is 1.70. The number of halogens is 1. The Hall–Kier alpha value is -3.59. The van der Waals surface area contributed by atoms with Crippen LogP contribution in [-0.4, -0.2) is 75.7 Å². The summed E-state index contributed by atoms with van der Waals surface area (Å²) in [7, 11) is 3.90. The number of phenols is 1. The van der Waals surface area contributed by atoms with E-state index in [1.165, 1.54) is 6.92 Å². The van der Waals surface area contributed by atoms with Gasteiger partial charge in [-0.1, -0.05) is 35.9 Å². The molecule has 0 radical (unpaired) electrons. The van der Waals surface area contributed by atoms with E-state index in [-0.39, 0.29) is 11.7 Å². The van der Waals surface area contributed by atoms with Crippen molar-refractivity contribution >= 4 is 35.3 Å². The Morgan fingerprint density at radius 2 is 1.77 bits per heavy atom. The van der Waals surface area contributed by atoms with Gasteiger partial charge in [-0.25, -0.2) is 0 Å². The molecule has 3 N–H and O–H groups in total. The quantitative estimate of drug-likeness (QED) is 0.332. The molecule has 0 saturated carbocycles. The summed E-state index contributed by atoms with van der Waals surface area (Å²) in [6.45, 7) is 6.69. The summed E-state index contributed by atoms with van der Waals surface area (Å²) in [6, 6.07) is 17.3. The molecule has 2 amide bonds. The second-order valence-corrected chi connectivity index (χ2v) is 10.4. The van der Waals surface area contributed by atoms with Gasteiger partial charge in [0.15, 0.2) is 0 Å². The standard InChI is InChI=1S/C30H36ClN5O3/c1-21(38)33-19-22-15-24(17-25(16-22)35-11-9-32-10-12-35)27-6-4-5-26(30(27)39)23-7-8-29(28(31)18-23)36(20-37)14-13-34(2)3/h4-8,15-18,20,32,39H,9-14,19H2,1-3H3,(H,33,38). The van der Waals surface area contributed by atoms with Crippen LogP contribution in [0.1, 0.15) is 12.5 Å².